The second-order valence-corrected chi connectivity index (χ2v) is 7.42. The molecule has 0 amide bonds. The summed E-state index contributed by atoms with van der Waals surface area (Å²) in [7, 11) is 0. The Hall–Kier alpha value is -4.04. The van der Waals surface area contributed by atoms with E-state index in [-0.39, 0.29) is 0 Å². The number of anilines is 3. The fourth-order valence-electron chi connectivity index (χ4n) is 4.33. The largest absolute Gasteiger partial charge is 0.456 e. The number of hydrogen-bond donors (Lipinski definition) is 0. The monoisotopic (exact) mass is 385 g/mol. The first-order valence-corrected chi connectivity index (χ1v) is 10.1. The van der Waals surface area contributed by atoms with Crippen LogP contribution in [-0.4, -0.2) is 0 Å². The first-order valence-electron chi connectivity index (χ1n) is 10.1. The van der Waals surface area contributed by atoms with Gasteiger partial charge in [0.25, 0.3) is 0 Å². The highest BCUT2D eigenvalue weighted by Gasteiger charge is 2.20. The van der Waals surface area contributed by atoms with E-state index < -0.39 is 0 Å². The summed E-state index contributed by atoms with van der Waals surface area (Å²) >= 11 is 0. The van der Waals surface area contributed by atoms with Crippen molar-refractivity contribution in [3.8, 4) is 0 Å². The number of hydrogen-bond acceptors (Lipinski definition) is 2. The molecule has 0 saturated heterocycles. The van der Waals surface area contributed by atoms with E-state index in [2.05, 4.69) is 102 Å². The molecule has 0 atom stereocenters. The smallest absolute Gasteiger partial charge is 0.137 e. The molecule has 0 fully saturated rings. The molecule has 1 aromatic heterocycles. The van der Waals surface area contributed by atoms with E-state index in [1.165, 1.54) is 10.8 Å². The Morgan fingerprint density at radius 1 is 0.467 bits per heavy atom. The number of fused-ring (bicyclic) bond motifs is 4. The number of nitrogens with zero attached hydrogens (tertiary/aromatic N) is 1. The normalized spacial score (nSPS) is 11.3. The summed E-state index contributed by atoms with van der Waals surface area (Å²) in [5.41, 5.74) is 5.18. The fourth-order valence-corrected chi connectivity index (χ4v) is 4.33. The van der Waals surface area contributed by atoms with Gasteiger partial charge in [0.2, 0.25) is 0 Å². The number of rotatable bonds is 3. The average molecular weight is 385 g/mol. The lowest BCUT2D eigenvalue weighted by molar-refractivity contribution is 0.669. The van der Waals surface area contributed by atoms with Gasteiger partial charge in [-0.05, 0) is 41.8 Å². The molecule has 2 heteroatoms. The van der Waals surface area contributed by atoms with E-state index in [1.54, 1.807) is 0 Å². The molecular weight excluding hydrogens is 366 g/mol. The van der Waals surface area contributed by atoms with E-state index in [9.17, 15) is 0 Å². The lowest BCUT2D eigenvalue weighted by atomic mass is 10.0. The zero-order valence-electron chi connectivity index (χ0n) is 16.3. The second kappa shape index (κ2) is 6.78. The molecular formula is C28H19NO. The zero-order chi connectivity index (χ0) is 19.9. The van der Waals surface area contributed by atoms with Crippen LogP contribution in [0.5, 0.6) is 0 Å². The van der Waals surface area contributed by atoms with Crippen LogP contribution in [0.4, 0.5) is 17.1 Å². The highest BCUT2D eigenvalue weighted by Crippen LogP contribution is 2.44. The Morgan fingerprint density at radius 2 is 1.10 bits per heavy atom. The maximum atomic E-state index is 6.18. The lowest BCUT2D eigenvalue weighted by Crippen LogP contribution is -2.10. The van der Waals surface area contributed by atoms with Gasteiger partial charge in [0.15, 0.2) is 0 Å². The van der Waals surface area contributed by atoms with Gasteiger partial charge >= 0.3 is 0 Å². The summed E-state index contributed by atoms with van der Waals surface area (Å²) in [5, 5.41) is 4.70. The standard InChI is InChI=1S/C28H19NO/c1-2-12-21(13-3-1)29(24-16-8-11-20-10-4-5-14-22(20)24)25-17-9-19-27-28(25)23-15-6-7-18-26(23)30-27/h1-19H. The number of benzene rings is 5. The van der Waals surface area contributed by atoms with Crippen molar-refractivity contribution in [3.63, 3.8) is 0 Å². The summed E-state index contributed by atoms with van der Waals surface area (Å²) in [6.07, 6.45) is 0. The van der Waals surface area contributed by atoms with Gasteiger partial charge in [-0.25, -0.2) is 0 Å². The maximum Gasteiger partial charge on any atom is 0.137 e. The molecule has 0 radical (unpaired) electrons. The maximum absolute atomic E-state index is 6.18. The van der Waals surface area contributed by atoms with Crippen LogP contribution in [0.15, 0.2) is 120 Å². The minimum absolute atomic E-state index is 0.898. The second-order valence-electron chi connectivity index (χ2n) is 7.42. The summed E-state index contributed by atoms with van der Waals surface area (Å²) < 4.78 is 6.18. The summed E-state index contributed by atoms with van der Waals surface area (Å²) in [6, 6.07) is 40.1. The molecule has 142 valence electrons. The van der Waals surface area contributed by atoms with Crippen LogP contribution in [0.1, 0.15) is 0 Å². The predicted molar refractivity (Wildman–Crippen MR) is 126 cm³/mol. The van der Waals surface area contributed by atoms with Crippen molar-refractivity contribution in [1.29, 1.82) is 0 Å². The molecule has 0 aliphatic rings. The van der Waals surface area contributed by atoms with Crippen molar-refractivity contribution in [2.45, 2.75) is 0 Å². The van der Waals surface area contributed by atoms with Gasteiger partial charge in [-0.3, -0.25) is 0 Å². The van der Waals surface area contributed by atoms with Crippen LogP contribution in [0.25, 0.3) is 32.7 Å². The molecule has 0 bridgehead atoms. The van der Waals surface area contributed by atoms with Gasteiger partial charge in [0.1, 0.15) is 11.2 Å². The molecule has 0 unspecified atom stereocenters. The fraction of sp³-hybridized carbons (Fsp3) is 0. The van der Waals surface area contributed by atoms with Crippen molar-refractivity contribution in [2.24, 2.45) is 0 Å². The number of para-hydroxylation sites is 2. The van der Waals surface area contributed by atoms with Gasteiger partial charge in [-0.15, -0.1) is 0 Å². The molecule has 0 spiro atoms. The Labute approximate surface area is 174 Å². The van der Waals surface area contributed by atoms with Crippen LogP contribution in [0.2, 0.25) is 0 Å². The Bertz CT molecular complexity index is 1490. The number of furan rings is 1. The van der Waals surface area contributed by atoms with Crippen LogP contribution >= 0.6 is 0 Å². The minimum Gasteiger partial charge on any atom is -0.456 e. The predicted octanol–water partition coefficient (Wildman–Crippen LogP) is 8.21. The van der Waals surface area contributed by atoms with E-state index in [0.717, 1.165) is 39.0 Å². The third-order valence-electron chi connectivity index (χ3n) is 5.64. The molecule has 5 aromatic carbocycles. The molecule has 2 nitrogen and oxygen atoms in total. The van der Waals surface area contributed by atoms with Crippen molar-refractivity contribution < 1.29 is 4.42 Å². The minimum atomic E-state index is 0.898. The van der Waals surface area contributed by atoms with Crippen LogP contribution in [0, 0.1) is 0 Å². The van der Waals surface area contributed by atoms with E-state index in [1.807, 2.05) is 18.2 Å². The molecule has 0 saturated carbocycles. The van der Waals surface area contributed by atoms with Gasteiger partial charge in [0.05, 0.1) is 16.8 Å². The molecule has 6 rings (SSSR count). The highest BCUT2D eigenvalue weighted by molar-refractivity contribution is 6.14. The van der Waals surface area contributed by atoms with Gasteiger partial charge < -0.3 is 9.32 Å². The molecule has 6 aromatic rings. The lowest BCUT2D eigenvalue weighted by Gasteiger charge is -2.27. The molecule has 0 aliphatic heterocycles. The quantitative estimate of drug-likeness (QED) is 0.305. The van der Waals surface area contributed by atoms with Gasteiger partial charge in [-0.1, -0.05) is 78.9 Å². The van der Waals surface area contributed by atoms with Gasteiger partial charge in [0, 0.05) is 16.5 Å². The van der Waals surface area contributed by atoms with Crippen LogP contribution in [0.3, 0.4) is 0 Å². The highest BCUT2D eigenvalue weighted by atomic mass is 16.3. The van der Waals surface area contributed by atoms with Crippen molar-refractivity contribution in [3.05, 3.63) is 115 Å². The van der Waals surface area contributed by atoms with Crippen molar-refractivity contribution >= 4 is 49.8 Å². The first kappa shape index (κ1) is 16.9. The molecule has 0 aliphatic carbocycles. The Morgan fingerprint density at radius 3 is 2.00 bits per heavy atom. The third-order valence-corrected chi connectivity index (χ3v) is 5.64. The third kappa shape index (κ3) is 2.58. The summed E-state index contributed by atoms with van der Waals surface area (Å²) in [4.78, 5) is 2.34. The first-order chi connectivity index (χ1) is 14.9. The Kier molecular flexibility index (Phi) is 3.82. The topological polar surface area (TPSA) is 16.4 Å². The summed E-state index contributed by atoms with van der Waals surface area (Å²) in [5.74, 6) is 0. The summed E-state index contributed by atoms with van der Waals surface area (Å²) in [6.45, 7) is 0. The SMILES string of the molecule is c1ccc(N(c2cccc3ccccc23)c2cccc3oc4ccccc4c23)cc1. The van der Waals surface area contributed by atoms with Gasteiger partial charge in [-0.2, -0.15) is 0 Å². The molecule has 0 N–H and O–H groups in total. The van der Waals surface area contributed by atoms with Crippen molar-refractivity contribution in [1.82, 2.24) is 0 Å². The Balaban J connectivity index is 1.73. The average Bonchev–Trinajstić information content (AvgIpc) is 3.20. The molecule has 30 heavy (non-hydrogen) atoms. The van der Waals surface area contributed by atoms with Crippen LogP contribution < -0.4 is 4.90 Å². The van der Waals surface area contributed by atoms with E-state index in [4.69, 9.17) is 4.42 Å². The van der Waals surface area contributed by atoms with Crippen molar-refractivity contribution in [2.75, 3.05) is 4.90 Å². The zero-order valence-corrected chi connectivity index (χ0v) is 16.3. The van der Waals surface area contributed by atoms with Crippen LogP contribution in [-0.2, 0) is 0 Å². The van der Waals surface area contributed by atoms with E-state index >= 15 is 0 Å². The van der Waals surface area contributed by atoms with E-state index in [0.29, 0.717) is 0 Å². The molecule has 1 heterocycles.